The molecule has 170 valence electrons. The number of benzene rings is 3. The highest BCUT2D eigenvalue weighted by atomic mass is 16.2. The van der Waals surface area contributed by atoms with Gasteiger partial charge in [0.1, 0.15) is 17.9 Å². The monoisotopic (exact) mass is 453 g/mol. The molecule has 5 rings (SSSR count). The quantitative estimate of drug-likeness (QED) is 0.358. The number of nitrogens with one attached hydrogen (secondary N) is 4. The lowest BCUT2D eigenvalue weighted by Crippen LogP contribution is -2.42. The van der Waals surface area contributed by atoms with Gasteiger partial charge >= 0.3 is 0 Å². The van der Waals surface area contributed by atoms with Gasteiger partial charge in [0.25, 0.3) is 5.91 Å². The number of anilines is 1. The Labute approximate surface area is 195 Å². The van der Waals surface area contributed by atoms with Gasteiger partial charge in [-0.15, -0.1) is 0 Å². The number of aromatic nitrogens is 2. The summed E-state index contributed by atoms with van der Waals surface area (Å²) in [6.07, 6.45) is 0.220. The van der Waals surface area contributed by atoms with Crippen LogP contribution in [0.4, 0.5) is 5.69 Å². The third-order valence-electron chi connectivity index (χ3n) is 5.83. The van der Waals surface area contributed by atoms with E-state index >= 15 is 0 Å². The smallest absolute Gasteiger partial charge is 0.254 e. The van der Waals surface area contributed by atoms with Crippen molar-refractivity contribution in [3.05, 3.63) is 95.8 Å². The third kappa shape index (κ3) is 4.38. The SMILES string of the molecule is O=C(CC[C@@H]1NC(=O)c2ccccc2NC1=O)N[C@@H](c1ccccc1)c1nc2ccccc2[nH]1. The summed E-state index contributed by atoms with van der Waals surface area (Å²) in [5.41, 5.74) is 3.43. The zero-order chi connectivity index (χ0) is 23.5. The Kier molecular flexibility index (Phi) is 5.78. The average molecular weight is 454 g/mol. The van der Waals surface area contributed by atoms with E-state index in [0.717, 1.165) is 16.6 Å². The van der Waals surface area contributed by atoms with Crippen LogP contribution in [0.5, 0.6) is 0 Å². The maximum atomic E-state index is 13.0. The lowest BCUT2D eigenvalue weighted by molar-refractivity contribution is -0.122. The molecule has 0 radical (unpaired) electrons. The number of para-hydroxylation sites is 3. The van der Waals surface area contributed by atoms with Crippen LogP contribution in [0.1, 0.15) is 40.6 Å². The molecule has 4 N–H and O–H groups in total. The summed E-state index contributed by atoms with van der Waals surface area (Å²) in [7, 11) is 0. The Hall–Kier alpha value is -4.46. The first-order valence-corrected chi connectivity index (χ1v) is 11.1. The van der Waals surface area contributed by atoms with Crippen molar-refractivity contribution in [3.8, 4) is 0 Å². The number of H-pyrrole nitrogens is 1. The molecular weight excluding hydrogens is 430 g/mol. The largest absolute Gasteiger partial charge is 0.342 e. The molecule has 4 aromatic rings. The molecule has 3 amide bonds. The van der Waals surface area contributed by atoms with Crippen LogP contribution in [0.15, 0.2) is 78.9 Å². The lowest BCUT2D eigenvalue weighted by Gasteiger charge is -2.19. The van der Waals surface area contributed by atoms with Crippen LogP contribution in [-0.4, -0.2) is 33.7 Å². The van der Waals surface area contributed by atoms with Crippen molar-refractivity contribution in [2.75, 3.05) is 5.32 Å². The summed E-state index contributed by atoms with van der Waals surface area (Å²) in [4.78, 5) is 46.1. The van der Waals surface area contributed by atoms with Gasteiger partial charge < -0.3 is 20.9 Å². The predicted octanol–water partition coefficient (Wildman–Crippen LogP) is 3.30. The highest BCUT2D eigenvalue weighted by Gasteiger charge is 2.28. The van der Waals surface area contributed by atoms with Gasteiger partial charge in [-0.3, -0.25) is 14.4 Å². The first kappa shape index (κ1) is 21.4. The first-order valence-electron chi connectivity index (χ1n) is 11.1. The molecule has 1 aromatic heterocycles. The van der Waals surface area contributed by atoms with Crippen molar-refractivity contribution in [2.45, 2.75) is 24.9 Å². The van der Waals surface area contributed by atoms with Crippen molar-refractivity contribution in [1.29, 1.82) is 0 Å². The van der Waals surface area contributed by atoms with Gasteiger partial charge in [-0.05, 0) is 36.2 Å². The van der Waals surface area contributed by atoms with E-state index in [4.69, 9.17) is 0 Å². The number of hydrogen-bond donors (Lipinski definition) is 4. The molecule has 0 saturated heterocycles. The molecule has 8 nitrogen and oxygen atoms in total. The van der Waals surface area contributed by atoms with E-state index < -0.39 is 12.1 Å². The molecule has 2 atom stereocenters. The molecule has 2 heterocycles. The maximum Gasteiger partial charge on any atom is 0.254 e. The molecule has 0 bridgehead atoms. The van der Waals surface area contributed by atoms with E-state index in [-0.39, 0.29) is 30.6 Å². The molecule has 3 aromatic carbocycles. The number of aromatic amines is 1. The van der Waals surface area contributed by atoms with Crippen molar-refractivity contribution in [2.24, 2.45) is 0 Å². The highest BCUT2D eigenvalue weighted by molar-refractivity contribution is 6.09. The van der Waals surface area contributed by atoms with Crippen LogP contribution in [-0.2, 0) is 9.59 Å². The van der Waals surface area contributed by atoms with E-state index in [0.29, 0.717) is 17.1 Å². The average Bonchev–Trinajstić information content (AvgIpc) is 3.24. The topological polar surface area (TPSA) is 116 Å². The molecule has 0 fully saturated rings. The molecule has 0 saturated carbocycles. The van der Waals surface area contributed by atoms with Crippen LogP contribution in [0.2, 0.25) is 0 Å². The second-order valence-electron chi connectivity index (χ2n) is 8.15. The zero-order valence-electron chi connectivity index (χ0n) is 18.2. The molecule has 1 aliphatic heterocycles. The Balaban J connectivity index is 1.30. The molecule has 8 heteroatoms. The van der Waals surface area contributed by atoms with E-state index in [2.05, 4.69) is 25.9 Å². The molecule has 1 aliphatic rings. The number of carbonyl (C=O) groups excluding carboxylic acids is 3. The number of nitrogens with zero attached hydrogens (tertiary/aromatic N) is 1. The predicted molar refractivity (Wildman–Crippen MR) is 128 cm³/mol. The van der Waals surface area contributed by atoms with Gasteiger partial charge in [0.2, 0.25) is 11.8 Å². The van der Waals surface area contributed by atoms with Gasteiger partial charge in [-0.2, -0.15) is 0 Å². The van der Waals surface area contributed by atoms with Crippen molar-refractivity contribution in [3.63, 3.8) is 0 Å². The summed E-state index contributed by atoms with van der Waals surface area (Å²) >= 11 is 0. The van der Waals surface area contributed by atoms with Crippen molar-refractivity contribution < 1.29 is 14.4 Å². The Morgan fingerprint density at radius 2 is 1.68 bits per heavy atom. The van der Waals surface area contributed by atoms with Crippen LogP contribution in [0.25, 0.3) is 11.0 Å². The molecule has 0 aliphatic carbocycles. The normalized spacial score (nSPS) is 16.2. The van der Waals surface area contributed by atoms with Gasteiger partial charge in [0, 0.05) is 6.42 Å². The third-order valence-corrected chi connectivity index (χ3v) is 5.83. The fourth-order valence-corrected chi connectivity index (χ4v) is 4.09. The van der Waals surface area contributed by atoms with Gasteiger partial charge in [0.15, 0.2) is 0 Å². The fourth-order valence-electron chi connectivity index (χ4n) is 4.09. The number of imidazole rings is 1. The Morgan fingerprint density at radius 3 is 2.50 bits per heavy atom. The second-order valence-corrected chi connectivity index (χ2v) is 8.15. The fraction of sp³-hybridized carbons (Fsp3) is 0.154. The van der Waals surface area contributed by atoms with E-state index in [1.807, 2.05) is 54.6 Å². The summed E-state index contributed by atoms with van der Waals surface area (Å²) in [6, 6.07) is 22.8. The van der Waals surface area contributed by atoms with E-state index in [1.165, 1.54) is 0 Å². The summed E-state index contributed by atoms with van der Waals surface area (Å²) in [5, 5.41) is 8.52. The minimum absolute atomic E-state index is 0.0538. The standard InChI is InChI=1S/C26H23N5O3/c32-22(15-14-21-26(34)29-18-11-5-4-10-17(18)25(33)30-21)31-23(16-8-2-1-3-9-16)24-27-19-12-6-7-13-20(19)28-24/h1-13,21,23H,14-15H2,(H,27,28)(H,29,34)(H,30,33)(H,31,32)/t21-,23-/m0/s1. The minimum atomic E-state index is -0.813. The number of hydrogen-bond acceptors (Lipinski definition) is 4. The molecular formula is C26H23N5O3. The van der Waals surface area contributed by atoms with Crippen LogP contribution in [0, 0.1) is 0 Å². The van der Waals surface area contributed by atoms with Crippen LogP contribution >= 0.6 is 0 Å². The lowest BCUT2D eigenvalue weighted by atomic mass is 10.1. The van der Waals surface area contributed by atoms with Crippen molar-refractivity contribution in [1.82, 2.24) is 20.6 Å². The van der Waals surface area contributed by atoms with E-state index in [9.17, 15) is 14.4 Å². The van der Waals surface area contributed by atoms with Gasteiger partial charge in [-0.25, -0.2) is 4.98 Å². The zero-order valence-corrected chi connectivity index (χ0v) is 18.2. The molecule has 0 unspecified atom stereocenters. The minimum Gasteiger partial charge on any atom is -0.342 e. The first-order chi connectivity index (χ1) is 16.6. The molecule has 34 heavy (non-hydrogen) atoms. The number of amides is 3. The molecule has 0 spiro atoms. The number of rotatable bonds is 6. The van der Waals surface area contributed by atoms with Crippen molar-refractivity contribution >= 4 is 34.4 Å². The highest BCUT2D eigenvalue weighted by Crippen LogP contribution is 2.23. The Bertz CT molecular complexity index is 1330. The maximum absolute atomic E-state index is 13.0. The van der Waals surface area contributed by atoms with Gasteiger partial charge in [-0.1, -0.05) is 54.6 Å². The second kappa shape index (κ2) is 9.19. The summed E-state index contributed by atoms with van der Waals surface area (Å²) < 4.78 is 0. The van der Waals surface area contributed by atoms with Crippen LogP contribution < -0.4 is 16.0 Å². The van der Waals surface area contributed by atoms with Gasteiger partial charge in [0.05, 0.1) is 22.3 Å². The van der Waals surface area contributed by atoms with E-state index in [1.54, 1.807) is 24.3 Å². The number of fused-ring (bicyclic) bond motifs is 2. The van der Waals surface area contributed by atoms with Crippen LogP contribution in [0.3, 0.4) is 0 Å². The summed E-state index contributed by atoms with van der Waals surface area (Å²) in [5.74, 6) is -0.318. The number of carbonyl (C=O) groups is 3. The Morgan fingerprint density at radius 1 is 0.941 bits per heavy atom. The summed E-state index contributed by atoms with van der Waals surface area (Å²) in [6.45, 7) is 0.